The number of ketones is 1. The number of hydrogen-bond acceptors (Lipinski definition) is 6. The number of fused-ring (bicyclic) bond motifs is 3. The number of hydrazone groups is 1. The largest absolute Gasteiger partial charge is 0.325 e. The van der Waals surface area contributed by atoms with Gasteiger partial charge in [0.1, 0.15) is 0 Å². The van der Waals surface area contributed by atoms with E-state index in [9.17, 15) is 9.59 Å². The van der Waals surface area contributed by atoms with Crippen molar-refractivity contribution in [2.24, 2.45) is 10.1 Å². The molecule has 28 heavy (non-hydrogen) atoms. The molecule has 7 heteroatoms. The molecule has 0 bridgehead atoms. The summed E-state index contributed by atoms with van der Waals surface area (Å²) in [5.41, 5.74) is 3.38. The molecule has 0 aromatic heterocycles. The number of hydrogen-bond donors (Lipinski definition) is 1. The predicted octanol–water partition coefficient (Wildman–Crippen LogP) is 4.38. The molecule has 2 heterocycles. The molecule has 2 aromatic rings. The minimum absolute atomic E-state index is 0.00175. The van der Waals surface area contributed by atoms with E-state index in [1.54, 1.807) is 24.3 Å². The number of anilines is 1. The molecule has 2 aromatic carbocycles. The zero-order chi connectivity index (χ0) is 19.7. The van der Waals surface area contributed by atoms with Crippen LogP contribution in [0.5, 0.6) is 0 Å². The highest BCUT2D eigenvalue weighted by molar-refractivity contribution is 8.14. The van der Waals surface area contributed by atoms with E-state index in [2.05, 4.69) is 16.5 Å². The fraction of sp³-hybridized carbons (Fsp3) is 0.238. The summed E-state index contributed by atoms with van der Waals surface area (Å²) < 4.78 is 0. The number of aliphatic imine (C=N–C) groups is 1. The van der Waals surface area contributed by atoms with E-state index in [0.717, 1.165) is 22.8 Å². The molecule has 0 aliphatic carbocycles. The first-order valence-electron chi connectivity index (χ1n) is 9.11. The van der Waals surface area contributed by atoms with Crippen LogP contribution in [0.4, 0.5) is 11.4 Å². The zero-order valence-electron chi connectivity index (χ0n) is 15.6. The summed E-state index contributed by atoms with van der Waals surface area (Å²) >= 11 is 1.39. The van der Waals surface area contributed by atoms with Crippen LogP contribution in [0.15, 0.2) is 58.6 Å². The normalized spacial score (nSPS) is 18.1. The molecule has 1 N–H and O–H groups in total. The van der Waals surface area contributed by atoms with E-state index < -0.39 is 0 Å². The molecular formula is C21H20N4O2S. The van der Waals surface area contributed by atoms with E-state index in [4.69, 9.17) is 4.99 Å². The average molecular weight is 392 g/mol. The van der Waals surface area contributed by atoms with Crippen LogP contribution in [0.2, 0.25) is 0 Å². The van der Waals surface area contributed by atoms with Crippen LogP contribution in [-0.2, 0) is 4.79 Å². The molecule has 0 radical (unpaired) electrons. The Kier molecular flexibility index (Phi) is 5.00. The van der Waals surface area contributed by atoms with Crippen molar-refractivity contribution in [3.63, 3.8) is 0 Å². The van der Waals surface area contributed by atoms with Gasteiger partial charge in [0, 0.05) is 29.4 Å². The average Bonchev–Trinajstić information content (AvgIpc) is 3.19. The first-order chi connectivity index (χ1) is 13.5. The molecule has 0 saturated carbocycles. The summed E-state index contributed by atoms with van der Waals surface area (Å²) in [6.45, 7) is 3.37. The maximum absolute atomic E-state index is 12.6. The number of amidine groups is 1. The second kappa shape index (κ2) is 7.59. The number of para-hydroxylation sites is 1. The number of Topliss-reactive ketones (excluding diaryl/α,β-unsaturated/α-hetero) is 1. The van der Waals surface area contributed by atoms with Gasteiger partial charge in [-0.1, -0.05) is 30.0 Å². The Bertz CT molecular complexity index is 984. The summed E-state index contributed by atoms with van der Waals surface area (Å²) in [6, 6.07) is 15.1. The number of benzene rings is 2. The zero-order valence-corrected chi connectivity index (χ0v) is 16.4. The highest BCUT2D eigenvalue weighted by Crippen LogP contribution is 2.41. The van der Waals surface area contributed by atoms with Gasteiger partial charge < -0.3 is 5.32 Å². The number of rotatable bonds is 4. The molecule has 142 valence electrons. The third-order valence-electron chi connectivity index (χ3n) is 4.75. The highest BCUT2D eigenvalue weighted by atomic mass is 32.2. The predicted molar refractivity (Wildman–Crippen MR) is 113 cm³/mol. The number of nitrogens with one attached hydrogen (secondary N) is 1. The summed E-state index contributed by atoms with van der Waals surface area (Å²) in [6.07, 6.45) is 2.73. The van der Waals surface area contributed by atoms with E-state index >= 15 is 0 Å². The Morgan fingerprint density at radius 3 is 2.68 bits per heavy atom. The van der Waals surface area contributed by atoms with Gasteiger partial charge in [0.25, 0.3) is 0 Å². The first kappa shape index (κ1) is 18.4. The van der Waals surface area contributed by atoms with Crippen molar-refractivity contribution in [2.75, 3.05) is 5.32 Å². The topological polar surface area (TPSA) is 74.1 Å². The van der Waals surface area contributed by atoms with Crippen molar-refractivity contribution in [2.45, 2.75) is 31.6 Å². The van der Waals surface area contributed by atoms with Gasteiger partial charge in [0.2, 0.25) is 5.91 Å². The van der Waals surface area contributed by atoms with Crippen molar-refractivity contribution < 1.29 is 9.59 Å². The number of nitrogens with zero attached hydrogens (tertiary/aromatic N) is 3. The third kappa shape index (κ3) is 3.57. The first-order valence-corrected chi connectivity index (χ1v) is 9.98. The molecule has 0 fully saturated rings. The smallest absolute Gasteiger partial charge is 0.237 e. The molecule has 2 atom stereocenters. The number of carbonyl (C=O) groups excluding carboxylic acids is 2. The Morgan fingerprint density at radius 2 is 1.93 bits per heavy atom. The lowest BCUT2D eigenvalue weighted by atomic mass is 10.0. The van der Waals surface area contributed by atoms with Gasteiger partial charge in [0.05, 0.1) is 17.0 Å². The molecule has 0 spiro atoms. The van der Waals surface area contributed by atoms with Gasteiger partial charge in [-0.25, -0.2) is 10.0 Å². The van der Waals surface area contributed by atoms with Gasteiger partial charge in [-0.05, 0) is 44.2 Å². The SMILES string of the molecule is CC(=O)c1ccc(NC(=O)[C@H](C)SC2=Nc3ccccc3[C@@H]3CC=NN23)cc1. The summed E-state index contributed by atoms with van der Waals surface area (Å²) in [7, 11) is 0. The van der Waals surface area contributed by atoms with E-state index in [1.165, 1.54) is 18.7 Å². The maximum Gasteiger partial charge on any atom is 0.237 e. The van der Waals surface area contributed by atoms with Crippen molar-refractivity contribution >= 4 is 46.2 Å². The minimum Gasteiger partial charge on any atom is -0.325 e. The maximum atomic E-state index is 12.6. The Labute approximate surface area is 167 Å². The summed E-state index contributed by atoms with van der Waals surface area (Å²) in [5.74, 6) is -0.125. The van der Waals surface area contributed by atoms with Crippen LogP contribution < -0.4 is 5.32 Å². The van der Waals surface area contributed by atoms with Crippen molar-refractivity contribution in [3.05, 3.63) is 59.7 Å². The van der Waals surface area contributed by atoms with Crippen molar-refractivity contribution in [3.8, 4) is 0 Å². The van der Waals surface area contributed by atoms with Crippen molar-refractivity contribution in [1.82, 2.24) is 5.01 Å². The lowest BCUT2D eigenvalue weighted by molar-refractivity contribution is -0.115. The van der Waals surface area contributed by atoms with Crippen LogP contribution in [0, 0.1) is 0 Å². The Hall–Kier alpha value is -2.93. The summed E-state index contributed by atoms with van der Waals surface area (Å²) in [5, 5.41) is 9.62. The number of carbonyl (C=O) groups is 2. The van der Waals surface area contributed by atoms with E-state index in [0.29, 0.717) is 11.3 Å². The lowest BCUT2D eigenvalue weighted by Crippen LogP contribution is -2.31. The quantitative estimate of drug-likeness (QED) is 0.784. The minimum atomic E-state index is -0.354. The lowest BCUT2D eigenvalue weighted by Gasteiger charge is -2.30. The van der Waals surface area contributed by atoms with Crippen LogP contribution in [0.25, 0.3) is 0 Å². The standard InChI is InChI=1S/C21H20N4O2S/c1-13(26)15-7-9-16(10-8-15)23-20(27)14(2)28-21-24-18-6-4-3-5-17(18)19-11-12-22-25(19)21/h3-10,12,14,19H,11H2,1-2H3,(H,23,27)/t14-,19-/m0/s1. The molecule has 2 aliphatic rings. The van der Waals surface area contributed by atoms with Gasteiger partial charge in [-0.15, -0.1) is 0 Å². The molecule has 2 aliphatic heterocycles. The number of thioether (sulfide) groups is 1. The fourth-order valence-corrected chi connectivity index (χ4v) is 4.12. The van der Waals surface area contributed by atoms with E-state index in [-0.39, 0.29) is 23.0 Å². The highest BCUT2D eigenvalue weighted by Gasteiger charge is 2.34. The van der Waals surface area contributed by atoms with Gasteiger partial charge in [-0.2, -0.15) is 5.10 Å². The fourth-order valence-electron chi connectivity index (χ4n) is 3.21. The third-order valence-corrected chi connectivity index (χ3v) is 5.80. The monoisotopic (exact) mass is 392 g/mol. The van der Waals surface area contributed by atoms with Crippen molar-refractivity contribution in [1.29, 1.82) is 0 Å². The molecule has 0 unspecified atom stereocenters. The van der Waals surface area contributed by atoms with Crippen LogP contribution in [0.1, 0.15) is 42.2 Å². The van der Waals surface area contributed by atoms with Crippen LogP contribution in [-0.4, -0.2) is 33.3 Å². The van der Waals surface area contributed by atoms with E-state index in [1.807, 2.05) is 36.3 Å². The molecule has 4 rings (SSSR count). The molecular weight excluding hydrogens is 372 g/mol. The van der Waals surface area contributed by atoms with Crippen LogP contribution >= 0.6 is 11.8 Å². The van der Waals surface area contributed by atoms with Crippen LogP contribution in [0.3, 0.4) is 0 Å². The van der Waals surface area contributed by atoms with Gasteiger partial charge in [-0.3, -0.25) is 9.59 Å². The Morgan fingerprint density at radius 1 is 1.18 bits per heavy atom. The second-order valence-corrected chi connectivity index (χ2v) is 8.04. The Balaban J connectivity index is 1.47. The van der Waals surface area contributed by atoms with Gasteiger partial charge in [0.15, 0.2) is 11.0 Å². The molecule has 6 nitrogen and oxygen atoms in total. The summed E-state index contributed by atoms with van der Waals surface area (Å²) in [4.78, 5) is 28.7. The molecule has 1 amide bonds. The number of amides is 1. The van der Waals surface area contributed by atoms with Gasteiger partial charge >= 0.3 is 0 Å². The second-order valence-electron chi connectivity index (χ2n) is 6.73. The molecule has 0 saturated heterocycles.